The molecular weight excluding hydrogens is 739 g/mol. The maximum atomic E-state index is 5.01. The van der Waals surface area contributed by atoms with E-state index in [0.29, 0.717) is 17.5 Å². The summed E-state index contributed by atoms with van der Waals surface area (Å²) in [5, 5.41) is 0. The summed E-state index contributed by atoms with van der Waals surface area (Å²) in [6.45, 7) is 0. The molecule has 61 heavy (non-hydrogen) atoms. The number of nitrogens with zero attached hydrogens (tertiary/aromatic N) is 3. The van der Waals surface area contributed by atoms with Crippen molar-refractivity contribution in [1.82, 2.24) is 15.0 Å². The van der Waals surface area contributed by atoms with Crippen LogP contribution in [0.3, 0.4) is 0 Å². The van der Waals surface area contributed by atoms with E-state index in [1.165, 1.54) is 50.1 Å². The van der Waals surface area contributed by atoms with Gasteiger partial charge in [0, 0.05) is 16.7 Å². The summed E-state index contributed by atoms with van der Waals surface area (Å²) < 4.78 is 0. The van der Waals surface area contributed by atoms with Crippen LogP contribution in [-0.2, 0) is 5.41 Å². The minimum absolute atomic E-state index is 0.430. The second-order valence-corrected chi connectivity index (χ2v) is 15.6. The van der Waals surface area contributed by atoms with Crippen LogP contribution in [0.4, 0.5) is 0 Å². The molecule has 0 amide bonds. The lowest BCUT2D eigenvalue weighted by Gasteiger charge is -2.34. The highest BCUT2D eigenvalue weighted by atomic mass is 15.0. The molecule has 3 nitrogen and oxygen atoms in total. The van der Waals surface area contributed by atoms with Crippen LogP contribution in [-0.4, -0.2) is 15.0 Å². The first-order valence-corrected chi connectivity index (χ1v) is 20.8. The summed E-state index contributed by atoms with van der Waals surface area (Å²) in [6.07, 6.45) is 0. The summed E-state index contributed by atoms with van der Waals surface area (Å²) in [5.74, 6) is 1.93. The van der Waals surface area contributed by atoms with Crippen LogP contribution in [0.2, 0.25) is 0 Å². The van der Waals surface area contributed by atoms with E-state index in [-0.39, 0.29) is 0 Å². The van der Waals surface area contributed by atoms with Gasteiger partial charge >= 0.3 is 0 Å². The van der Waals surface area contributed by atoms with Gasteiger partial charge in [-0.15, -0.1) is 0 Å². The standard InChI is InChI=1S/C58H39N3/c1-5-15-40(16-6-1)41-29-33-46(34-30-41)56-59-55(45-17-7-2-8-18-45)60-57(61-56)47-35-31-43(32-36-47)42-25-27-44(28-26-42)48-37-38-52-51-23-13-14-24-53(51)58(54(52)39-48,49-19-9-3-10-20-49)50-21-11-4-12-22-50/h1-39H. The van der Waals surface area contributed by atoms with Crippen molar-refractivity contribution < 1.29 is 0 Å². The SMILES string of the molecule is c1ccc(-c2ccc(-c3nc(-c4ccccc4)nc(-c4ccc(-c5ccc(-c6ccc7c(c6)C(c6ccccc6)(c6ccccc6)c6ccccc6-7)cc5)cc4)n3)cc2)cc1. The Morgan fingerprint density at radius 1 is 0.230 bits per heavy atom. The van der Waals surface area contributed by atoms with E-state index in [1.807, 2.05) is 36.4 Å². The molecule has 0 radical (unpaired) electrons. The average Bonchev–Trinajstić information content (AvgIpc) is 3.65. The lowest BCUT2D eigenvalue weighted by Crippen LogP contribution is -2.28. The van der Waals surface area contributed by atoms with Crippen molar-refractivity contribution in [2.75, 3.05) is 0 Å². The fourth-order valence-electron chi connectivity index (χ4n) is 9.08. The molecule has 3 heteroatoms. The third kappa shape index (κ3) is 6.44. The van der Waals surface area contributed by atoms with Gasteiger partial charge in [0.05, 0.1) is 5.41 Å². The zero-order chi connectivity index (χ0) is 40.6. The molecule has 0 saturated heterocycles. The van der Waals surface area contributed by atoms with Crippen LogP contribution in [0.15, 0.2) is 237 Å². The first-order valence-electron chi connectivity index (χ1n) is 20.8. The van der Waals surface area contributed by atoms with Gasteiger partial charge in [-0.2, -0.15) is 0 Å². The monoisotopic (exact) mass is 777 g/mol. The Labute approximate surface area is 356 Å². The fraction of sp³-hybridized carbons (Fsp3) is 0.0172. The molecule has 286 valence electrons. The molecule has 1 aliphatic rings. The number of benzene rings is 9. The minimum atomic E-state index is -0.430. The van der Waals surface area contributed by atoms with E-state index in [2.05, 4.69) is 200 Å². The van der Waals surface area contributed by atoms with Crippen molar-refractivity contribution >= 4 is 0 Å². The van der Waals surface area contributed by atoms with Gasteiger partial charge in [-0.1, -0.05) is 231 Å². The molecule has 0 fully saturated rings. The predicted octanol–water partition coefficient (Wildman–Crippen LogP) is 14.2. The van der Waals surface area contributed by atoms with Gasteiger partial charge in [-0.3, -0.25) is 0 Å². The Kier molecular flexibility index (Phi) is 9.05. The van der Waals surface area contributed by atoms with E-state index >= 15 is 0 Å². The van der Waals surface area contributed by atoms with Crippen LogP contribution in [0.5, 0.6) is 0 Å². The second-order valence-electron chi connectivity index (χ2n) is 15.6. The Bertz CT molecular complexity index is 3090. The lowest BCUT2D eigenvalue weighted by atomic mass is 9.67. The Hall–Kier alpha value is -8.01. The van der Waals surface area contributed by atoms with E-state index in [0.717, 1.165) is 33.4 Å². The van der Waals surface area contributed by atoms with Gasteiger partial charge in [0.25, 0.3) is 0 Å². The summed E-state index contributed by atoms with van der Waals surface area (Å²) >= 11 is 0. The highest BCUT2D eigenvalue weighted by molar-refractivity contribution is 5.88. The smallest absolute Gasteiger partial charge is 0.164 e. The largest absolute Gasteiger partial charge is 0.208 e. The molecule has 0 aliphatic heterocycles. The Balaban J connectivity index is 0.921. The molecule has 0 bridgehead atoms. The molecule has 9 aromatic carbocycles. The molecule has 11 rings (SSSR count). The molecular formula is C58H39N3. The molecule has 1 heterocycles. The van der Waals surface area contributed by atoms with E-state index in [1.54, 1.807) is 0 Å². The molecule has 10 aromatic rings. The van der Waals surface area contributed by atoms with Gasteiger partial charge in [-0.25, -0.2) is 15.0 Å². The number of rotatable bonds is 8. The van der Waals surface area contributed by atoms with Gasteiger partial charge in [-0.05, 0) is 72.8 Å². The van der Waals surface area contributed by atoms with Crippen LogP contribution in [0, 0.1) is 0 Å². The van der Waals surface area contributed by atoms with Crippen molar-refractivity contribution in [2.24, 2.45) is 0 Å². The quantitative estimate of drug-likeness (QED) is 0.154. The van der Waals surface area contributed by atoms with Gasteiger partial charge in [0.1, 0.15) is 0 Å². The van der Waals surface area contributed by atoms with E-state index in [4.69, 9.17) is 15.0 Å². The summed E-state index contributed by atoms with van der Waals surface area (Å²) in [7, 11) is 0. The molecule has 1 aromatic heterocycles. The topological polar surface area (TPSA) is 38.7 Å². The zero-order valence-electron chi connectivity index (χ0n) is 33.4. The summed E-state index contributed by atoms with van der Waals surface area (Å²) in [5.41, 5.74) is 17.1. The average molecular weight is 778 g/mol. The first kappa shape index (κ1) is 36.1. The first-order chi connectivity index (χ1) is 30.2. The van der Waals surface area contributed by atoms with Gasteiger partial charge in [0.2, 0.25) is 0 Å². The third-order valence-corrected chi connectivity index (χ3v) is 12.1. The Morgan fingerprint density at radius 2 is 0.541 bits per heavy atom. The molecule has 0 spiro atoms. The highest BCUT2D eigenvalue weighted by Gasteiger charge is 2.46. The van der Waals surface area contributed by atoms with Crippen LogP contribution < -0.4 is 0 Å². The van der Waals surface area contributed by atoms with Crippen LogP contribution >= 0.6 is 0 Å². The lowest BCUT2D eigenvalue weighted by molar-refractivity contribution is 0.769. The predicted molar refractivity (Wildman–Crippen MR) is 250 cm³/mol. The summed E-state index contributed by atoms with van der Waals surface area (Å²) in [4.78, 5) is 14.9. The van der Waals surface area contributed by atoms with Gasteiger partial charge < -0.3 is 0 Å². The normalized spacial score (nSPS) is 12.4. The summed E-state index contributed by atoms with van der Waals surface area (Å²) in [6, 6.07) is 84.3. The number of hydrogen-bond donors (Lipinski definition) is 0. The van der Waals surface area contributed by atoms with Crippen molar-refractivity contribution in [3.05, 3.63) is 259 Å². The second kappa shape index (κ2) is 15.3. The van der Waals surface area contributed by atoms with Crippen molar-refractivity contribution in [3.8, 4) is 78.7 Å². The molecule has 0 N–H and O–H groups in total. The fourth-order valence-corrected chi connectivity index (χ4v) is 9.08. The number of aromatic nitrogens is 3. The van der Waals surface area contributed by atoms with E-state index in [9.17, 15) is 0 Å². The van der Waals surface area contributed by atoms with Crippen molar-refractivity contribution in [1.29, 1.82) is 0 Å². The Morgan fingerprint density at radius 3 is 1.02 bits per heavy atom. The zero-order valence-corrected chi connectivity index (χ0v) is 33.4. The van der Waals surface area contributed by atoms with Crippen LogP contribution in [0.1, 0.15) is 22.3 Å². The van der Waals surface area contributed by atoms with Crippen LogP contribution in [0.25, 0.3) is 78.7 Å². The molecule has 1 aliphatic carbocycles. The van der Waals surface area contributed by atoms with Crippen molar-refractivity contribution in [2.45, 2.75) is 5.41 Å². The third-order valence-electron chi connectivity index (χ3n) is 12.1. The van der Waals surface area contributed by atoms with Gasteiger partial charge in [0.15, 0.2) is 17.5 Å². The maximum absolute atomic E-state index is 5.01. The molecule has 0 unspecified atom stereocenters. The highest BCUT2D eigenvalue weighted by Crippen LogP contribution is 2.56. The molecule has 0 atom stereocenters. The number of fused-ring (bicyclic) bond motifs is 3. The van der Waals surface area contributed by atoms with E-state index < -0.39 is 5.41 Å². The van der Waals surface area contributed by atoms with Crippen molar-refractivity contribution in [3.63, 3.8) is 0 Å². The number of hydrogen-bond acceptors (Lipinski definition) is 3. The maximum Gasteiger partial charge on any atom is 0.164 e. The minimum Gasteiger partial charge on any atom is -0.208 e. The molecule has 0 saturated carbocycles.